The van der Waals surface area contributed by atoms with E-state index in [4.69, 9.17) is 5.73 Å². The number of nitrogens with zero attached hydrogens (tertiary/aromatic N) is 1. The number of rotatable bonds is 2. The molecule has 2 rings (SSSR count). The zero-order chi connectivity index (χ0) is 11.4. The molecule has 0 aromatic heterocycles. The first-order valence-corrected chi connectivity index (χ1v) is 6.79. The van der Waals surface area contributed by atoms with E-state index in [0.717, 1.165) is 32.4 Å². The van der Waals surface area contributed by atoms with Crippen LogP contribution >= 0.6 is 0 Å². The number of carbonyl (C=O) groups excluding carboxylic acids is 1. The fraction of sp³-hybridized carbons (Fsp3) is 0.923. The van der Waals surface area contributed by atoms with Crippen molar-refractivity contribution in [3.8, 4) is 0 Å². The van der Waals surface area contributed by atoms with E-state index in [1.54, 1.807) is 0 Å². The highest BCUT2D eigenvalue weighted by atomic mass is 16.2. The molecule has 0 spiro atoms. The largest absolute Gasteiger partial charge is 0.343 e. The molecule has 16 heavy (non-hydrogen) atoms. The average molecular weight is 224 g/mol. The van der Waals surface area contributed by atoms with Gasteiger partial charge >= 0.3 is 0 Å². The molecule has 1 aliphatic carbocycles. The van der Waals surface area contributed by atoms with Gasteiger partial charge in [0.25, 0.3) is 0 Å². The van der Waals surface area contributed by atoms with E-state index in [9.17, 15) is 4.79 Å². The maximum absolute atomic E-state index is 12.1. The summed E-state index contributed by atoms with van der Waals surface area (Å²) in [5.74, 6) is 1.04. The van der Waals surface area contributed by atoms with Crippen molar-refractivity contribution >= 4 is 5.91 Å². The van der Waals surface area contributed by atoms with E-state index in [1.807, 2.05) is 4.90 Å². The van der Waals surface area contributed by atoms with Crippen LogP contribution in [0.5, 0.6) is 0 Å². The zero-order valence-corrected chi connectivity index (χ0v) is 10.2. The molecule has 2 aliphatic rings. The number of carbonyl (C=O) groups is 1. The molecule has 2 fully saturated rings. The Kier molecular flexibility index (Phi) is 4.22. The Bertz CT molecular complexity index is 228. The molecule has 1 saturated carbocycles. The normalized spacial score (nSPS) is 24.7. The third kappa shape index (κ3) is 3.21. The number of hydrogen-bond acceptors (Lipinski definition) is 2. The lowest BCUT2D eigenvalue weighted by Crippen LogP contribution is -2.43. The number of nitrogens with two attached hydrogens (primary N) is 1. The molecule has 0 atom stereocenters. The summed E-state index contributed by atoms with van der Waals surface area (Å²) < 4.78 is 0. The van der Waals surface area contributed by atoms with Gasteiger partial charge in [-0.05, 0) is 31.6 Å². The van der Waals surface area contributed by atoms with Crippen molar-refractivity contribution in [1.82, 2.24) is 4.90 Å². The molecule has 0 aromatic carbocycles. The van der Waals surface area contributed by atoms with Crippen molar-refractivity contribution in [2.45, 2.75) is 57.4 Å². The molecule has 3 heteroatoms. The minimum absolute atomic E-state index is 0.318. The summed E-state index contributed by atoms with van der Waals surface area (Å²) >= 11 is 0. The second kappa shape index (κ2) is 5.67. The lowest BCUT2D eigenvalue weighted by atomic mass is 9.86. The van der Waals surface area contributed by atoms with Crippen LogP contribution in [0.25, 0.3) is 0 Å². The summed E-state index contributed by atoms with van der Waals surface area (Å²) in [6.07, 6.45) is 9.29. The molecule has 2 N–H and O–H groups in total. The van der Waals surface area contributed by atoms with Gasteiger partial charge in [0.2, 0.25) is 5.91 Å². The molecule has 1 heterocycles. The highest BCUT2D eigenvalue weighted by Crippen LogP contribution is 2.27. The van der Waals surface area contributed by atoms with Crippen molar-refractivity contribution in [3.63, 3.8) is 0 Å². The summed E-state index contributed by atoms with van der Waals surface area (Å²) in [6.45, 7) is 1.76. The van der Waals surface area contributed by atoms with Crippen molar-refractivity contribution in [2.75, 3.05) is 13.1 Å². The van der Waals surface area contributed by atoms with Crippen LogP contribution in [0.2, 0.25) is 0 Å². The van der Waals surface area contributed by atoms with Crippen LogP contribution < -0.4 is 5.73 Å². The van der Waals surface area contributed by atoms with Crippen LogP contribution in [0.4, 0.5) is 0 Å². The van der Waals surface area contributed by atoms with Crippen LogP contribution in [-0.4, -0.2) is 29.9 Å². The number of likely N-dealkylation sites (tertiary alicyclic amines) is 1. The Hall–Kier alpha value is -0.570. The Morgan fingerprint density at radius 1 is 1.06 bits per heavy atom. The molecule has 1 amide bonds. The van der Waals surface area contributed by atoms with Gasteiger partial charge in [-0.25, -0.2) is 0 Å². The van der Waals surface area contributed by atoms with Gasteiger partial charge in [-0.2, -0.15) is 0 Å². The summed E-state index contributed by atoms with van der Waals surface area (Å²) in [7, 11) is 0. The summed E-state index contributed by atoms with van der Waals surface area (Å²) in [5, 5.41) is 0. The lowest BCUT2D eigenvalue weighted by Gasteiger charge is -2.32. The minimum Gasteiger partial charge on any atom is -0.343 e. The van der Waals surface area contributed by atoms with E-state index < -0.39 is 0 Å². The lowest BCUT2D eigenvalue weighted by molar-refractivity contribution is -0.133. The molecule has 1 aliphatic heterocycles. The first kappa shape index (κ1) is 11.9. The predicted octanol–water partition coefficient (Wildman–Crippen LogP) is 1.91. The van der Waals surface area contributed by atoms with Crippen molar-refractivity contribution in [1.29, 1.82) is 0 Å². The predicted molar refractivity (Wildman–Crippen MR) is 65.0 cm³/mol. The third-order valence-electron chi connectivity index (χ3n) is 4.08. The topological polar surface area (TPSA) is 46.3 Å². The fourth-order valence-corrected chi connectivity index (χ4v) is 2.92. The van der Waals surface area contributed by atoms with Gasteiger partial charge in [0.05, 0.1) is 0 Å². The highest BCUT2D eigenvalue weighted by Gasteiger charge is 2.23. The van der Waals surface area contributed by atoms with Gasteiger partial charge in [-0.1, -0.05) is 19.3 Å². The Morgan fingerprint density at radius 3 is 2.31 bits per heavy atom. The van der Waals surface area contributed by atoms with E-state index in [2.05, 4.69) is 0 Å². The summed E-state index contributed by atoms with van der Waals surface area (Å²) in [4.78, 5) is 14.1. The molecule has 0 bridgehead atoms. The summed E-state index contributed by atoms with van der Waals surface area (Å²) in [5.41, 5.74) is 5.84. The monoisotopic (exact) mass is 224 g/mol. The Morgan fingerprint density at radius 2 is 1.69 bits per heavy atom. The SMILES string of the molecule is NC1CCN(C(=O)CC2CCCCC2)CC1. The quantitative estimate of drug-likeness (QED) is 0.778. The van der Waals surface area contributed by atoms with Gasteiger partial charge in [0, 0.05) is 25.6 Å². The summed E-state index contributed by atoms with van der Waals surface area (Å²) in [6, 6.07) is 0.318. The van der Waals surface area contributed by atoms with E-state index >= 15 is 0 Å². The first-order valence-electron chi connectivity index (χ1n) is 6.79. The second-order valence-corrected chi connectivity index (χ2v) is 5.43. The van der Waals surface area contributed by atoms with Crippen LogP contribution in [-0.2, 0) is 4.79 Å². The molecule has 3 nitrogen and oxygen atoms in total. The molecule has 92 valence electrons. The molecule has 0 aromatic rings. The minimum atomic E-state index is 0.318. The number of piperidine rings is 1. The van der Waals surface area contributed by atoms with Crippen LogP contribution in [0.1, 0.15) is 51.4 Å². The average Bonchev–Trinajstić information content (AvgIpc) is 2.31. The molecule has 0 radical (unpaired) electrons. The maximum atomic E-state index is 12.1. The molecular formula is C13H24N2O. The number of amides is 1. The Labute approximate surface area is 98.4 Å². The van der Waals surface area contributed by atoms with Gasteiger partial charge in [0.15, 0.2) is 0 Å². The van der Waals surface area contributed by atoms with E-state index in [1.165, 1.54) is 32.1 Å². The number of hydrogen-bond donors (Lipinski definition) is 1. The van der Waals surface area contributed by atoms with Gasteiger partial charge in [0.1, 0.15) is 0 Å². The van der Waals surface area contributed by atoms with Crippen molar-refractivity contribution in [2.24, 2.45) is 11.7 Å². The third-order valence-corrected chi connectivity index (χ3v) is 4.08. The standard InChI is InChI=1S/C13H24N2O/c14-12-6-8-15(9-7-12)13(16)10-11-4-2-1-3-5-11/h11-12H,1-10,14H2. The van der Waals surface area contributed by atoms with Gasteiger partial charge in [-0.15, -0.1) is 0 Å². The van der Waals surface area contributed by atoms with Crippen molar-refractivity contribution in [3.05, 3.63) is 0 Å². The fourth-order valence-electron chi connectivity index (χ4n) is 2.92. The first-order chi connectivity index (χ1) is 7.75. The highest BCUT2D eigenvalue weighted by molar-refractivity contribution is 5.76. The van der Waals surface area contributed by atoms with Gasteiger partial charge in [-0.3, -0.25) is 4.79 Å². The van der Waals surface area contributed by atoms with E-state index in [-0.39, 0.29) is 0 Å². The Balaban J connectivity index is 1.74. The van der Waals surface area contributed by atoms with Crippen LogP contribution in [0.15, 0.2) is 0 Å². The maximum Gasteiger partial charge on any atom is 0.222 e. The van der Waals surface area contributed by atoms with Gasteiger partial charge < -0.3 is 10.6 Å². The van der Waals surface area contributed by atoms with Crippen LogP contribution in [0.3, 0.4) is 0 Å². The smallest absolute Gasteiger partial charge is 0.222 e. The van der Waals surface area contributed by atoms with Crippen LogP contribution in [0, 0.1) is 5.92 Å². The second-order valence-electron chi connectivity index (χ2n) is 5.43. The van der Waals surface area contributed by atoms with E-state index in [0.29, 0.717) is 17.9 Å². The molecule has 0 unspecified atom stereocenters. The van der Waals surface area contributed by atoms with Crippen molar-refractivity contribution < 1.29 is 4.79 Å². The molecular weight excluding hydrogens is 200 g/mol. The molecule has 1 saturated heterocycles. The zero-order valence-electron chi connectivity index (χ0n) is 10.2.